The van der Waals surface area contributed by atoms with Gasteiger partial charge in [-0.2, -0.15) is 0 Å². The van der Waals surface area contributed by atoms with Crippen LogP contribution in [0.2, 0.25) is 0 Å². The van der Waals surface area contributed by atoms with Gasteiger partial charge in [0.15, 0.2) is 0 Å². The maximum Gasteiger partial charge on any atom is 0.322 e. The highest BCUT2D eigenvalue weighted by Gasteiger charge is 2.34. The SMILES string of the molecule is Cc1ccc(-c2nnc(NC(=O)C3CCCN3C(=O)Nc3ccccc3)s2)cc1. The number of aromatic nitrogens is 2. The van der Waals surface area contributed by atoms with E-state index in [1.807, 2.05) is 61.5 Å². The summed E-state index contributed by atoms with van der Waals surface area (Å²) in [5.41, 5.74) is 2.83. The lowest BCUT2D eigenvalue weighted by Crippen LogP contribution is -2.45. The van der Waals surface area contributed by atoms with Gasteiger partial charge >= 0.3 is 6.03 Å². The van der Waals surface area contributed by atoms with Crippen molar-refractivity contribution in [3.05, 3.63) is 60.2 Å². The number of rotatable bonds is 4. The molecule has 4 rings (SSSR count). The molecule has 7 nitrogen and oxygen atoms in total. The minimum atomic E-state index is -0.523. The second-order valence-corrected chi connectivity index (χ2v) is 7.89. The maximum absolute atomic E-state index is 12.8. The van der Waals surface area contributed by atoms with E-state index < -0.39 is 6.04 Å². The molecule has 8 heteroatoms. The van der Waals surface area contributed by atoms with Crippen molar-refractivity contribution in [1.29, 1.82) is 0 Å². The summed E-state index contributed by atoms with van der Waals surface area (Å²) >= 11 is 1.32. The normalized spacial score (nSPS) is 15.9. The molecule has 29 heavy (non-hydrogen) atoms. The Bertz CT molecular complexity index is 1000. The van der Waals surface area contributed by atoms with Crippen molar-refractivity contribution in [2.45, 2.75) is 25.8 Å². The first-order valence-corrected chi connectivity index (χ1v) is 10.3. The molecule has 0 saturated carbocycles. The van der Waals surface area contributed by atoms with Gasteiger partial charge in [0.05, 0.1) is 0 Å². The average molecular weight is 407 g/mol. The molecule has 1 aromatic heterocycles. The number of nitrogens with zero attached hydrogens (tertiary/aromatic N) is 3. The summed E-state index contributed by atoms with van der Waals surface area (Å²) in [5, 5.41) is 15.1. The van der Waals surface area contributed by atoms with E-state index in [-0.39, 0.29) is 11.9 Å². The van der Waals surface area contributed by atoms with Gasteiger partial charge in [-0.05, 0) is 31.9 Å². The fraction of sp³-hybridized carbons (Fsp3) is 0.238. The van der Waals surface area contributed by atoms with Gasteiger partial charge in [0, 0.05) is 17.8 Å². The van der Waals surface area contributed by atoms with Gasteiger partial charge in [0.2, 0.25) is 11.0 Å². The predicted molar refractivity (Wildman–Crippen MR) is 114 cm³/mol. The van der Waals surface area contributed by atoms with Gasteiger partial charge in [-0.1, -0.05) is 59.4 Å². The molecule has 3 amide bonds. The van der Waals surface area contributed by atoms with Crippen LogP contribution in [-0.4, -0.2) is 39.6 Å². The Morgan fingerprint density at radius 3 is 2.55 bits per heavy atom. The van der Waals surface area contributed by atoms with Gasteiger partial charge in [-0.25, -0.2) is 4.79 Å². The number of urea groups is 1. The molecule has 1 aliphatic heterocycles. The summed E-state index contributed by atoms with van der Waals surface area (Å²) in [6.07, 6.45) is 1.41. The van der Waals surface area contributed by atoms with E-state index in [0.29, 0.717) is 23.8 Å². The maximum atomic E-state index is 12.8. The zero-order chi connectivity index (χ0) is 20.2. The first-order valence-electron chi connectivity index (χ1n) is 9.44. The number of hydrogen-bond donors (Lipinski definition) is 2. The quantitative estimate of drug-likeness (QED) is 0.680. The second-order valence-electron chi connectivity index (χ2n) is 6.92. The van der Waals surface area contributed by atoms with Crippen LogP contribution in [0.25, 0.3) is 10.6 Å². The Kier molecular flexibility index (Phi) is 5.53. The van der Waals surface area contributed by atoms with E-state index in [1.165, 1.54) is 16.9 Å². The van der Waals surface area contributed by atoms with Crippen LogP contribution in [-0.2, 0) is 4.79 Å². The Hall–Kier alpha value is -3.26. The van der Waals surface area contributed by atoms with Crippen LogP contribution in [0.4, 0.5) is 15.6 Å². The number of hydrogen-bond acceptors (Lipinski definition) is 5. The standard InChI is InChI=1S/C21H21N5O2S/c1-14-9-11-15(12-10-14)19-24-25-20(29-19)23-18(27)17-8-5-13-26(17)21(28)22-16-6-3-2-4-7-16/h2-4,6-7,9-12,17H,5,8,13H2,1H3,(H,22,28)(H,23,25,27). The second kappa shape index (κ2) is 8.40. The Morgan fingerprint density at radius 1 is 1.03 bits per heavy atom. The van der Waals surface area contributed by atoms with Crippen LogP contribution in [0.15, 0.2) is 54.6 Å². The van der Waals surface area contributed by atoms with E-state index in [0.717, 1.165) is 17.0 Å². The summed E-state index contributed by atoms with van der Waals surface area (Å²) < 4.78 is 0. The van der Waals surface area contributed by atoms with Crippen LogP contribution in [0, 0.1) is 6.92 Å². The Balaban J connectivity index is 1.41. The van der Waals surface area contributed by atoms with Gasteiger partial charge < -0.3 is 10.2 Å². The third-order valence-electron chi connectivity index (χ3n) is 4.80. The molecule has 148 valence electrons. The predicted octanol–water partition coefficient (Wildman–Crippen LogP) is 4.15. The van der Waals surface area contributed by atoms with Crippen LogP contribution in [0.5, 0.6) is 0 Å². The molecule has 1 unspecified atom stereocenters. The molecule has 0 spiro atoms. The topological polar surface area (TPSA) is 87.2 Å². The van der Waals surface area contributed by atoms with E-state index >= 15 is 0 Å². The Morgan fingerprint density at radius 2 is 1.79 bits per heavy atom. The minimum Gasteiger partial charge on any atom is -0.312 e. The summed E-state index contributed by atoms with van der Waals surface area (Å²) in [5.74, 6) is -0.239. The largest absolute Gasteiger partial charge is 0.322 e. The molecule has 0 radical (unpaired) electrons. The highest BCUT2D eigenvalue weighted by atomic mass is 32.1. The Labute approximate surface area is 172 Å². The van der Waals surface area contributed by atoms with E-state index in [2.05, 4.69) is 20.8 Å². The summed E-state index contributed by atoms with van der Waals surface area (Å²) in [6, 6.07) is 16.4. The van der Waals surface area contributed by atoms with Crippen LogP contribution in [0.3, 0.4) is 0 Å². The molecular formula is C21H21N5O2S. The van der Waals surface area contributed by atoms with Gasteiger partial charge in [-0.3, -0.25) is 10.1 Å². The number of para-hydroxylation sites is 1. The number of anilines is 2. The number of nitrogens with one attached hydrogen (secondary N) is 2. The number of benzene rings is 2. The van der Waals surface area contributed by atoms with Crippen molar-refractivity contribution in [1.82, 2.24) is 15.1 Å². The van der Waals surface area contributed by atoms with Crippen LogP contribution in [0.1, 0.15) is 18.4 Å². The van der Waals surface area contributed by atoms with Crippen LogP contribution >= 0.6 is 11.3 Å². The fourth-order valence-electron chi connectivity index (χ4n) is 3.27. The van der Waals surface area contributed by atoms with E-state index in [9.17, 15) is 9.59 Å². The molecule has 0 bridgehead atoms. The van der Waals surface area contributed by atoms with Crippen molar-refractivity contribution in [3.8, 4) is 10.6 Å². The fourth-order valence-corrected chi connectivity index (χ4v) is 4.03. The van der Waals surface area contributed by atoms with Crippen molar-refractivity contribution in [2.24, 2.45) is 0 Å². The number of carbonyl (C=O) groups is 2. The van der Waals surface area contributed by atoms with E-state index in [1.54, 1.807) is 4.90 Å². The third-order valence-corrected chi connectivity index (χ3v) is 5.68. The summed E-state index contributed by atoms with van der Waals surface area (Å²) in [6.45, 7) is 2.57. The lowest BCUT2D eigenvalue weighted by atomic mass is 10.2. The first-order chi connectivity index (χ1) is 14.1. The van der Waals surface area contributed by atoms with Gasteiger partial charge in [0.1, 0.15) is 11.0 Å². The monoisotopic (exact) mass is 407 g/mol. The van der Waals surface area contributed by atoms with Crippen molar-refractivity contribution in [3.63, 3.8) is 0 Å². The molecule has 3 aromatic rings. The number of carbonyl (C=O) groups excluding carboxylic acids is 2. The molecule has 1 atom stereocenters. The highest BCUT2D eigenvalue weighted by molar-refractivity contribution is 7.18. The first kappa shape index (κ1) is 19.1. The molecule has 0 aliphatic carbocycles. The molecule has 2 heterocycles. The van der Waals surface area contributed by atoms with Crippen molar-refractivity contribution < 1.29 is 9.59 Å². The smallest absolute Gasteiger partial charge is 0.312 e. The zero-order valence-electron chi connectivity index (χ0n) is 16.0. The zero-order valence-corrected chi connectivity index (χ0v) is 16.8. The molecule has 1 fully saturated rings. The summed E-state index contributed by atoms with van der Waals surface area (Å²) in [4.78, 5) is 27.0. The minimum absolute atomic E-state index is 0.239. The molecular weight excluding hydrogens is 386 g/mol. The third kappa shape index (κ3) is 4.43. The van der Waals surface area contributed by atoms with Gasteiger partial charge in [-0.15, -0.1) is 10.2 Å². The molecule has 2 N–H and O–H groups in total. The average Bonchev–Trinajstić information content (AvgIpc) is 3.39. The lowest BCUT2D eigenvalue weighted by Gasteiger charge is -2.23. The number of aryl methyl sites for hydroxylation is 1. The number of likely N-dealkylation sites (tertiary alicyclic amines) is 1. The molecule has 1 saturated heterocycles. The van der Waals surface area contributed by atoms with Gasteiger partial charge in [0.25, 0.3) is 0 Å². The number of amides is 3. The molecule has 2 aromatic carbocycles. The van der Waals surface area contributed by atoms with Crippen molar-refractivity contribution in [2.75, 3.05) is 17.2 Å². The summed E-state index contributed by atoms with van der Waals surface area (Å²) in [7, 11) is 0. The van der Waals surface area contributed by atoms with Crippen LogP contribution < -0.4 is 10.6 Å². The van der Waals surface area contributed by atoms with Crippen molar-refractivity contribution >= 4 is 34.1 Å². The molecule has 1 aliphatic rings. The lowest BCUT2D eigenvalue weighted by molar-refractivity contribution is -0.119. The highest BCUT2D eigenvalue weighted by Crippen LogP contribution is 2.27. The van der Waals surface area contributed by atoms with E-state index in [4.69, 9.17) is 0 Å².